The van der Waals surface area contributed by atoms with Crippen LogP contribution >= 0.6 is 11.8 Å². The van der Waals surface area contributed by atoms with E-state index in [0.717, 1.165) is 11.8 Å². The van der Waals surface area contributed by atoms with Crippen molar-refractivity contribution in [2.24, 2.45) is 11.1 Å². The molecule has 0 amide bonds. The highest BCUT2D eigenvalue weighted by Gasteiger charge is 2.44. The second kappa shape index (κ2) is 8.58. The smallest absolute Gasteiger partial charge is 0.394 e. The zero-order valence-electron chi connectivity index (χ0n) is 12.5. The minimum absolute atomic E-state index is 0.0381. The molecule has 0 spiro atoms. The molecule has 12 heteroatoms. The van der Waals surface area contributed by atoms with Gasteiger partial charge in [0.15, 0.2) is 0 Å². The first-order valence-corrected chi connectivity index (χ1v) is 8.99. The number of aliphatic hydroxyl groups excluding tert-OH is 4. The highest BCUT2D eigenvalue weighted by molar-refractivity contribution is 8.14. The summed E-state index contributed by atoms with van der Waals surface area (Å²) in [6.07, 6.45) is -5.39. The molecule has 0 saturated carbocycles. The molecule has 0 aliphatic carbocycles. The van der Waals surface area contributed by atoms with Crippen molar-refractivity contribution in [2.75, 3.05) is 6.61 Å². The van der Waals surface area contributed by atoms with Gasteiger partial charge in [-0.3, -0.25) is 4.55 Å². The van der Waals surface area contributed by atoms with Gasteiger partial charge in [0, 0.05) is 6.42 Å². The molecule has 1 fully saturated rings. The van der Waals surface area contributed by atoms with Crippen molar-refractivity contribution < 1.29 is 42.4 Å². The van der Waals surface area contributed by atoms with Crippen LogP contribution in [0.15, 0.2) is 5.16 Å². The third-order valence-electron chi connectivity index (χ3n) is 2.92. The molecule has 0 aromatic heterocycles. The van der Waals surface area contributed by atoms with Crippen LogP contribution in [0.5, 0.6) is 0 Å². The van der Waals surface area contributed by atoms with E-state index in [1.807, 2.05) is 13.8 Å². The van der Waals surface area contributed by atoms with E-state index in [9.17, 15) is 23.7 Å². The predicted molar refractivity (Wildman–Crippen MR) is 80.9 cm³/mol. The van der Waals surface area contributed by atoms with Crippen molar-refractivity contribution in [2.45, 2.75) is 50.1 Å². The fraction of sp³-hybridized carbons (Fsp3) is 0.909. The minimum Gasteiger partial charge on any atom is -0.394 e. The highest BCUT2D eigenvalue weighted by Crippen LogP contribution is 2.31. The molecular formula is C11H21NO9S2. The Labute approximate surface area is 138 Å². The number of oxime groups is 1. The molecule has 23 heavy (non-hydrogen) atoms. The SMILES string of the molecule is CC(C)C/C(=N\OS(=O)(=O)O)S[C@H]1O[C@@H](CO)[C@H](O)[C@H](O)[C@H]1O. The van der Waals surface area contributed by atoms with Gasteiger partial charge < -0.3 is 25.2 Å². The quantitative estimate of drug-likeness (QED) is 0.163. The van der Waals surface area contributed by atoms with Gasteiger partial charge in [0.1, 0.15) is 34.9 Å². The van der Waals surface area contributed by atoms with Crippen LogP contribution in [0.25, 0.3) is 0 Å². The average Bonchev–Trinajstić information content (AvgIpc) is 2.44. The van der Waals surface area contributed by atoms with Crippen LogP contribution in [-0.2, 0) is 19.4 Å². The number of hydrogen-bond donors (Lipinski definition) is 5. The maximum Gasteiger partial charge on any atom is 0.466 e. The largest absolute Gasteiger partial charge is 0.466 e. The molecule has 1 aliphatic heterocycles. The van der Waals surface area contributed by atoms with Gasteiger partial charge in [0.05, 0.1) is 6.61 Å². The molecule has 0 aromatic carbocycles. The number of rotatable bonds is 6. The maximum absolute atomic E-state index is 10.6. The molecule has 5 atom stereocenters. The van der Waals surface area contributed by atoms with E-state index in [0.29, 0.717) is 0 Å². The first-order chi connectivity index (χ1) is 10.5. The van der Waals surface area contributed by atoms with Crippen LogP contribution < -0.4 is 0 Å². The van der Waals surface area contributed by atoms with E-state index in [2.05, 4.69) is 9.44 Å². The number of thioether (sulfide) groups is 1. The summed E-state index contributed by atoms with van der Waals surface area (Å²) < 4.78 is 39.0. The topological polar surface area (TPSA) is 166 Å². The minimum atomic E-state index is -4.78. The van der Waals surface area contributed by atoms with Gasteiger partial charge >= 0.3 is 10.4 Å². The van der Waals surface area contributed by atoms with Crippen LogP contribution in [0, 0.1) is 5.92 Å². The molecular weight excluding hydrogens is 354 g/mol. The van der Waals surface area contributed by atoms with E-state index in [1.54, 1.807) is 0 Å². The molecule has 5 N–H and O–H groups in total. The molecule has 10 nitrogen and oxygen atoms in total. The Bertz CT molecular complexity index is 508. The Hall–Kier alpha value is -0.470. The van der Waals surface area contributed by atoms with E-state index < -0.39 is 46.9 Å². The lowest BCUT2D eigenvalue weighted by Gasteiger charge is -2.39. The van der Waals surface area contributed by atoms with Gasteiger partial charge in [0.2, 0.25) is 0 Å². The van der Waals surface area contributed by atoms with Crippen molar-refractivity contribution >= 4 is 27.2 Å². The van der Waals surface area contributed by atoms with E-state index in [1.165, 1.54) is 0 Å². The lowest BCUT2D eigenvalue weighted by Crippen LogP contribution is -2.57. The number of nitrogens with zero attached hydrogens (tertiary/aromatic N) is 1. The summed E-state index contributed by atoms with van der Waals surface area (Å²) in [5, 5.41) is 41.8. The Balaban J connectivity index is 2.88. The summed E-state index contributed by atoms with van der Waals surface area (Å²) in [6, 6.07) is 0. The van der Waals surface area contributed by atoms with Crippen molar-refractivity contribution in [1.29, 1.82) is 0 Å². The van der Waals surface area contributed by atoms with E-state index in [-0.39, 0.29) is 17.4 Å². The van der Waals surface area contributed by atoms with Crippen molar-refractivity contribution in [3.8, 4) is 0 Å². The summed E-state index contributed by atoms with van der Waals surface area (Å²) in [5.41, 5.74) is -1.12. The molecule has 1 saturated heterocycles. The van der Waals surface area contributed by atoms with Gasteiger partial charge in [-0.15, -0.1) is 0 Å². The summed E-state index contributed by atoms with van der Waals surface area (Å²) >= 11 is 0.763. The number of aliphatic hydroxyl groups is 4. The van der Waals surface area contributed by atoms with Crippen LogP contribution in [0.1, 0.15) is 20.3 Å². The molecule has 1 rings (SSSR count). The number of ether oxygens (including phenoxy) is 1. The first-order valence-electron chi connectivity index (χ1n) is 6.75. The lowest BCUT2D eigenvalue weighted by atomic mass is 10.0. The van der Waals surface area contributed by atoms with Crippen LogP contribution in [0.3, 0.4) is 0 Å². The van der Waals surface area contributed by atoms with Crippen molar-refractivity contribution in [3.05, 3.63) is 0 Å². The Morgan fingerprint density at radius 2 is 1.87 bits per heavy atom. The second-order valence-corrected chi connectivity index (χ2v) is 7.58. The van der Waals surface area contributed by atoms with Crippen molar-refractivity contribution in [1.82, 2.24) is 0 Å². The predicted octanol–water partition coefficient (Wildman–Crippen LogP) is -1.30. The fourth-order valence-corrected chi connectivity index (χ4v) is 3.35. The highest BCUT2D eigenvalue weighted by atomic mass is 32.3. The van der Waals surface area contributed by atoms with Gasteiger partial charge in [0.25, 0.3) is 0 Å². The fourth-order valence-electron chi connectivity index (χ4n) is 1.84. The molecule has 1 heterocycles. The summed E-state index contributed by atoms with van der Waals surface area (Å²) in [7, 11) is -4.78. The second-order valence-electron chi connectivity index (χ2n) is 5.40. The Kier molecular flexibility index (Phi) is 7.67. The number of hydrogen-bond acceptors (Lipinski definition) is 10. The summed E-state index contributed by atoms with van der Waals surface area (Å²) in [5.74, 6) is 0.0381. The Morgan fingerprint density at radius 3 is 2.35 bits per heavy atom. The molecule has 1 aliphatic rings. The molecule has 0 bridgehead atoms. The third-order valence-corrected chi connectivity index (χ3v) is 4.32. The molecule has 0 unspecified atom stereocenters. The summed E-state index contributed by atoms with van der Waals surface area (Å²) in [4.78, 5) is 0. The summed E-state index contributed by atoms with van der Waals surface area (Å²) in [6.45, 7) is 3.05. The van der Waals surface area contributed by atoms with Crippen LogP contribution in [-0.4, -0.2) is 74.9 Å². The van der Waals surface area contributed by atoms with Crippen molar-refractivity contribution in [3.63, 3.8) is 0 Å². The molecule has 0 radical (unpaired) electrons. The standard InChI is InChI=1S/C11H21NO9S2/c1-5(2)3-7(12-21-23(17,18)19)22-11-10(16)9(15)8(14)6(4-13)20-11/h5-6,8-11,13-16H,3-4H2,1-2H3,(H,17,18,19)/b12-7+/t6-,8-,9-,10+,11+/m0/s1. The third kappa shape index (κ3) is 6.51. The van der Waals surface area contributed by atoms with Crippen LogP contribution in [0.4, 0.5) is 0 Å². The van der Waals surface area contributed by atoms with Gasteiger partial charge in [-0.05, 0) is 5.92 Å². The van der Waals surface area contributed by atoms with Gasteiger partial charge in [-0.1, -0.05) is 30.8 Å². The monoisotopic (exact) mass is 375 g/mol. The zero-order chi connectivity index (χ0) is 17.8. The van der Waals surface area contributed by atoms with E-state index in [4.69, 9.17) is 14.4 Å². The zero-order valence-corrected chi connectivity index (χ0v) is 14.1. The maximum atomic E-state index is 10.6. The first kappa shape index (κ1) is 20.6. The van der Waals surface area contributed by atoms with Crippen LogP contribution in [0.2, 0.25) is 0 Å². The van der Waals surface area contributed by atoms with Gasteiger partial charge in [-0.2, -0.15) is 8.42 Å². The van der Waals surface area contributed by atoms with Gasteiger partial charge in [-0.25, -0.2) is 4.28 Å². The average molecular weight is 375 g/mol. The molecule has 136 valence electrons. The normalized spacial score (nSPS) is 33.0. The Morgan fingerprint density at radius 1 is 1.26 bits per heavy atom. The lowest BCUT2D eigenvalue weighted by molar-refractivity contribution is -0.205. The van der Waals surface area contributed by atoms with E-state index >= 15 is 0 Å². The molecule has 0 aromatic rings.